The average Bonchev–Trinajstić information content (AvgIpc) is 2.77. The molecule has 1 aromatic heterocycles. The Bertz CT molecular complexity index is 489. The van der Waals surface area contributed by atoms with E-state index in [9.17, 15) is 5.11 Å². The zero-order chi connectivity index (χ0) is 12.3. The lowest BCUT2D eigenvalue weighted by Gasteiger charge is -2.14. The number of nitrogens with zero attached hydrogens (tertiary/aromatic N) is 2. The Labute approximate surface area is 101 Å². The van der Waals surface area contributed by atoms with Crippen molar-refractivity contribution >= 4 is 0 Å². The molecular weight excluding hydrogens is 214 g/mol. The molecule has 1 atom stereocenters. The summed E-state index contributed by atoms with van der Waals surface area (Å²) < 4.78 is 1.84. The van der Waals surface area contributed by atoms with E-state index in [4.69, 9.17) is 0 Å². The van der Waals surface area contributed by atoms with Crippen molar-refractivity contribution in [3.8, 4) is 11.3 Å². The van der Waals surface area contributed by atoms with E-state index in [2.05, 4.69) is 16.5 Å². The maximum atomic E-state index is 9.28. The molecule has 4 heteroatoms. The Kier molecular flexibility index (Phi) is 3.56. The number of likely N-dealkylation sites (N-methyl/N-ethyl adjacent to an activating group) is 1. The second-order valence-corrected chi connectivity index (χ2v) is 3.99. The third-order valence-corrected chi connectivity index (χ3v) is 2.94. The second-order valence-electron chi connectivity index (χ2n) is 3.99. The van der Waals surface area contributed by atoms with Crippen molar-refractivity contribution in [2.45, 2.75) is 6.04 Å². The molecule has 90 valence electrons. The molecule has 4 nitrogen and oxygen atoms in total. The molecule has 17 heavy (non-hydrogen) atoms. The van der Waals surface area contributed by atoms with Gasteiger partial charge in [-0.2, -0.15) is 5.10 Å². The van der Waals surface area contributed by atoms with E-state index in [1.54, 1.807) is 6.20 Å². The van der Waals surface area contributed by atoms with Crippen LogP contribution in [0.25, 0.3) is 11.3 Å². The number of nitrogens with one attached hydrogen (secondary N) is 1. The van der Waals surface area contributed by atoms with E-state index in [1.807, 2.05) is 43.0 Å². The molecule has 1 unspecified atom stereocenters. The van der Waals surface area contributed by atoms with Gasteiger partial charge in [-0.25, -0.2) is 0 Å². The quantitative estimate of drug-likeness (QED) is 0.835. The van der Waals surface area contributed by atoms with Gasteiger partial charge in [0.05, 0.1) is 18.3 Å². The SMILES string of the molecule is CNC(CO)c1cccc(-c2ccnn2C)c1. The number of aliphatic hydroxyl groups is 1. The molecule has 2 N–H and O–H groups in total. The van der Waals surface area contributed by atoms with Gasteiger partial charge in [-0.3, -0.25) is 4.68 Å². The van der Waals surface area contributed by atoms with Gasteiger partial charge < -0.3 is 10.4 Å². The van der Waals surface area contributed by atoms with Gasteiger partial charge in [0, 0.05) is 18.8 Å². The van der Waals surface area contributed by atoms with E-state index in [1.165, 1.54) is 0 Å². The topological polar surface area (TPSA) is 50.1 Å². The van der Waals surface area contributed by atoms with Crippen molar-refractivity contribution in [3.63, 3.8) is 0 Å². The highest BCUT2D eigenvalue weighted by atomic mass is 16.3. The van der Waals surface area contributed by atoms with Gasteiger partial charge in [-0.1, -0.05) is 18.2 Å². The minimum atomic E-state index is -0.0248. The summed E-state index contributed by atoms with van der Waals surface area (Å²) in [5, 5.41) is 16.5. The van der Waals surface area contributed by atoms with Crippen molar-refractivity contribution in [2.75, 3.05) is 13.7 Å². The highest BCUT2D eigenvalue weighted by Gasteiger charge is 2.09. The number of aromatic nitrogens is 2. The first-order valence-electron chi connectivity index (χ1n) is 5.62. The van der Waals surface area contributed by atoms with Crippen LogP contribution in [0.2, 0.25) is 0 Å². The molecule has 0 aliphatic heterocycles. The molecular formula is C13H17N3O. The second kappa shape index (κ2) is 5.12. The number of aryl methyl sites for hydroxylation is 1. The molecule has 1 aromatic carbocycles. The highest BCUT2D eigenvalue weighted by molar-refractivity contribution is 5.60. The molecule has 0 bridgehead atoms. The molecule has 0 amide bonds. The van der Waals surface area contributed by atoms with Crippen LogP contribution < -0.4 is 5.32 Å². The number of aliphatic hydroxyl groups excluding tert-OH is 1. The van der Waals surface area contributed by atoms with Crippen molar-refractivity contribution in [1.82, 2.24) is 15.1 Å². The minimum Gasteiger partial charge on any atom is -0.394 e. The molecule has 0 fully saturated rings. The monoisotopic (exact) mass is 231 g/mol. The molecule has 0 aliphatic rings. The molecule has 0 saturated carbocycles. The lowest BCUT2D eigenvalue weighted by Crippen LogP contribution is -2.19. The summed E-state index contributed by atoms with van der Waals surface area (Å²) in [7, 11) is 3.77. The normalized spacial score (nSPS) is 12.6. The lowest BCUT2D eigenvalue weighted by atomic mass is 10.0. The first-order chi connectivity index (χ1) is 8.26. The third-order valence-electron chi connectivity index (χ3n) is 2.94. The van der Waals surface area contributed by atoms with Crippen molar-refractivity contribution in [3.05, 3.63) is 42.1 Å². The molecule has 0 radical (unpaired) electrons. The van der Waals surface area contributed by atoms with Crippen LogP contribution in [0.15, 0.2) is 36.5 Å². The molecule has 0 aliphatic carbocycles. The van der Waals surface area contributed by atoms with Crippen molar-refractivity contribution in [1.29, 1.82) is 0 Å². The average molecular weight is 231 g/mol. The van der Waals surface area contributed by atoms with Crippen LogP contribution in [0, 0.1) is 0 Å². The van der Waals surface area contributed by atoms with Crippen LogP contribution in [0.3, 0.4) is 0 Å². The van der Waals surface area contributed by atoms with E-state index in [0.29, 0.717) is 0 Å². The third kappa shape index (κ3) is 2.38. The van der Waals surface area contributed by atoms with E-state index < -0.39 is 0 Å². The zero-order valence-electron chi connectivity index (χ0n) is 10.1. The summed E-state index contributed by atoms with van der Waals surface area (Å²) in [5.74, 6) is 0. The summed E-state index contributed by atoms with van der Waals surface area (Å²) in [6.45, 7) is 0.0886. The lowest BCUT2D eigenvalue weighted by molar-refractivity contribution is 0.251. The van der Waals surface area contributed by atoms with Crippen LogP contribution in [0.5, 0.6) is 0 Å². The number of hydrogen-bond acceptors (Lipinski definition) is 3. The first kappa shape index (κ1) is 11.8. The summed E-state index contributed by atoms with van der Waals surface area (Å²) in [6, 6.07) is 10.1. The highest BCUT2D eigenvalue weighted by Crippen LogP contribution is 2.22. The van der Waals surface area contributed by atoms with Crippen LogP contribution in [0.1, 0.15) is 11.6 Å². The van der Waals surface area contributed by atoms with E-state index in [0.717, 1.165) is 16.8 Å². The maximum Gasteiger partial charge on any atom is 0.0678 e. The fourth-order valence-corrected chi connectivity index (χ4v) is 1.94. The Morgan fingerprint density at radius 3 is 2.82 bits per heavy atom. The standard InChI is InChI=1S/C13H17N3O/c1-14-12(9-17)10-4-3-5-11(8-10)13-6-7-15-16(13)2/h3-8,12,14,17H,9H2,1-2H3. The fraction of sp³-hybridized carbons (Fsp3) is 0.308. The number of benzene rings is 1. The zero-order valence-corrected chi connectivity index (χ0v) is 10.1. The van der Waals surface area contributed by atoms with Crippen molar-refractivity contribution < 1.29 is 5.11 Å². The van der Waals surface area contributed by atoms with Gasteiger partial charge in [0.15, 0.2) is 0 Å². The largest absolute Gasteiger partial charge is 0.394 e. The molecule has 0 saturated heterocycles. The van der Waals surface area contributed by atoms with Gasteiger partial charge in [0.25, 0.3) is 0 Å². The van der Waals surface area contributed by atoms with Crippen LogP contribution >= 0.6 is 0 Å². The van der Waals surface area contributed by atoms with Gasteiger partial charge in [0.2, 0.25) is 0 Å². The molecule has 2 rings (SSSR count). The number of hydrogen-bond donors (Lipinski definition) is 2. The van der Waals surface area contributed by atoms with Gasteiger partial charge >= 0.3 is 0 Å². The van der Waals surface area contributed by atoms with E-state index in [-0.39, 0.29) is 12.6 Å². The number of rotatable bonds is 4. The predicted molar refractivity (Wildman–Crippen MR) is 67.5 cm³/mol. The van der Waals surface area contributed by atoms with E-state index >= 15 is 0 Å². The summed E-state index contributed by atoms with van der Waals surface area (Å²) >= 11 is 0. The van der Waals surface area contributed by atoms with Crippen LogP contribution in [-0.4, -0.2) is 28.5 Å². The Morgan fingerprint density at radius 2 is 2.24 bits per heavy atom. The molecule has 1 heterocycles. The summed E-state index contributed by atoms with van der Waals surface area (Å²) in [5.41, 5.74) is 3.25. The molecule has 2 aromatic rings. The maximum absolute atomic E-state index is 9.28. The first-order valence-corrected chi connectivity index (χ1v) is 5.62. The van der Waals surface area contributed by atoms with Crippen LogP contribution in [0.4, 0.5) is 0 Å². The smallest absolute Gasteiger partial charge is 0.0678 e. The Balaban J connectivity index is 2.38. The van der Waals surface area contributed by atoms with Gasteiger partial charge in [-0.05, 0) is 24.7 Å². The fourth-order valence-electron chi connectivity index (χ4n) is 1.94. The van der Waals surface area contributed by atoms with Crippen LogP contribution in [-0.2, 0) is 7.05 Å². The minimum absolute atomic E-state index is 0.0248. The summed E-state index contributed by atoms with van der Waals surface area (Å²) in [4.78, 5) is 0. The molecule has 0 spiro atoms. The Hall–Kier alpha value is -1.65. The van der Waals surface area contributed by atoms with Gasteiger partial charge in [-0.15, -0.1) is 0 Å². The predicted octanol–water partition coefficient (Wildman–Crippen LogP) is 1.34. The Morgan fingerprint density at radius 1 is 1.41 bits per heavy atom. The van der Waals surface area contributed by atoms with Gasteiger partial charge in [0.1, 0.15) is 0 Å². The summed E-state index contributed by atoms with van der Waals surface area (Å²) in [6.07, 6.45) is 1.78. The van der Waals surface area contributed by atoms with Crippen molar-refractivity contribution in [2.24, 2.45) is 7.05 Å².